The van der Waals surface area contributed by atoms with Crippen molar-refractivity contribution in [1.29, 1.82) is 0 Å². The Morgan fingerprint density at radius 2 is 1.71 bits per heavy atom. The Morgan fingerprint density at radius 1 is 1.19 bits per heavy atom. The fourth-order valence-corrected chi connectivity index (χ4v) is 2.52. The van der Waals surface area contributed by atoms with Gasteiger partial charge in [0.05, 0.1) is 16.7 Å². The summed E-state index contributed by atoms with van der Waals surface area (Å²) in [5.74, 6) is -0.795. The molecule has 1 aliphatic heterocycles. The maximum atomic E-state index is 11.7. The van der Waals surface area contributed by atoms with Crippen LogP contribution in [-0.2, 0) is 9.59 Å². The Hall–Kier alpha value is -1.63. The number of benzene rings is 1. The summed E-state index contributed by atoms with van der Waals surface area (Å²) in [4.78, 5) is 23.5. The maximum absolute atomic E-state index is 11.7. The minimum atomic E-state index is -0.579. The molecule has 1 aliphatic rings. The van der Waals surface area contributed by atoms with Gasteiger partial charge in [-0.3, -0.25) is 20.2 Å². The van der Waals surface area contributed by atoms with E-state index in [0.717, 1.165) is 0 Å². The summed E-state index contributed by atoms with van der Waals surface area (Å²) in [6, 6.07) is 3.11. The molecule has 0 radical (unpaired) electrons. The van der Waals surface area contributed by atoms with Crippen LogP contribution in [0.25, 0.3) is 6.08 Å². The Labute approximate surface area is 136 Å². The zero-order valence-electron chi connectivity index (χ0n) is 10.8. The number of ether oxygens (including phenoxy) is 1. The normalized spacial score (nSPS) is 14.6. The van der Waals surface area contributed by atoms with Gasteiger partial charge in [-0.2, -0.15) is 0 Å². The first-order valence-electron chi connectivity index (χ1n) is 5.92. The van der Waals surface area contributed by atoms with Crippen LogP contribution in [0.1, 0.15) is 12.5 Å². The molecular formula is C13H10Cl2N2O3S. The first-order chi connectivity index (χ1) is 9.92. The van der Waals surface area contributed by atoms with Crippen molar-refractivity contribution in [3.05, 3.63) is 33.3 Å². The van der Waals surface area contributed by atoms with Gasteiger partial charge in [-0.15, -0.1) is 0 Å². The fraction of sp³-hybridized carbons (Fsp3) is 0.154. The van der Waals surface area contributed by atoms with Gasteiger partial charge >= 0.3 is 0 Å². The standard InChI is InChI=1S/C13H10Cl2N2O3S/c1-2-20-10-8(14)4-6(5-9(10)15)3-7-11(18)16-13(21)17-12(7)19/h3-5H,2H2,1H3,(H2,16,17,18,19,21). The van der Waals surface area contributed by atoms with Gasteiger partial charge in [-0.25, -0.2) is 0 Å². The average molecular weight is 345 g/mol. The average Bonchev–Trinajstić information content (AvgIpc) is 2.38. The monoisotopic (exact) mass is 344 g/mol. The molecule has 0 unspecified atom stereocenters. The SMILES string of the molecule is CCOc1c(Cl)cc(C=C2C(=O)NC(=S)NC2=O)cc1Cl. The van der Waals surface area contributed by atoms with Gasteiger partial charge in [0.25, 0.3) is 11.8 Å². The first-order valence-corrected chi connectivity index (χ1v) is 7.09. The van der Waals surface area contributed by atoms with Crippen LogP contribution in [-0.4, -0.2) is 23.5 Å². The highest BCUT2D eigenvalue weighted by Crippen LogP contribution is 2.34. The highest BCUT2D eigenvalue weighted by molar-refractivity contribution is 7.80. The van der Waals surface area contributed by atoms with Crippen molar-refractivity contribution in [2.75, 3.05) is 6.61 Å². The van der Waals surface area contributed by atoms with E-state index >= 15 is 0 Å². The number of thiocarbonyl (C=S) groups is 1. The summed E-state index contributed by atoms with van der Waals surface area (Å²) < 4.78 is 5.31. The van der Waals surface area contributed by atoms with Gasteiger partial charge in [-0.1, -0.05) is 23.2 Å². The van der Waals surface area contributed by atoms with Crippen molar-refractivity contribution in [3.8, 4) is 5.75 Å². The van der Waals surface area contributed by atoms with Gasteiger partial charge in [0, 0.05) is 0 Å². The van der Waals surface area contributed by atoms with E-state index in [9.17, 15) is 9.59 Å². The van der Waals surface area contributed by atoms with E-state index in [-0.39, 0.29) is 10.7 Å². The number of carbonyl (C=O) groups is 2. The second kappa shape index (κ2) is 6.43. The van der Waals surface area contributed by atoms with E-state index in [1.165, 1.54) is 6.08 Å². The maximum Gasteiger partial charge on any atom is 0.263 e. The zero-order chi connectivity index (χ0) is 15.6. The van der Waals surface area contributed by atoms with Crippen molar-refractivity contribution >= 4 is 58.4 Å². The predicted molar refractivity (Wildman–Crippen MR) is 84.5 cm³/mol. The lowest BCUT2D eigenvalue weighted by Gasteiger charge is -2.16. The number of hydrogen-bond acceptors (Lipinski definition) is 4. The highest BCUT2D eigenvalue weighted by atomic mass is 35.5. The fourth-order valence-electron chi connectivity index (χ4n) is 1.72. The first kappa shape index (κ1) is 15.8. The predicted octanol–water partition coefficient (Wildman–Crippen LogP) is 2.31. The summed E-state index contributed by atoms with van der Waals surface area (Å²) >= 11 is 16.8. The molecule has 21 heavy (non-hydrogen) atoms. The molecule has 110 valence electrons. The summed E-state index contributed by atoms with van der Waals surface area (Å²) in [6.07, 6.45) is 1.37. The summed E-state index contributed by atoms with van der Waals surface area (Å²) in [6.45, 7) is 2.23. The van der Waals surface area contributed by atoms with Gasteiger partial charge in [0.1, 0.15) is 5.57 Å². The molecule has 1 fully saturated rings. The second-order valence-corrected chi connectivity index (χ2v) is 5.26. The van der Waals surface area contributed by atoms with E-state index in [1.807, 2.05) is 6.92 Å². The van der Waals surface area contributed by atoms with Crippen LogP contribution in [0.4, 0.5) is 0 Å². The molecule has 2 rings (SSSR count). The topological polar surface area (TPSA) is 67.4 Å². The summed E-state index contributed by atoms with van der Waals surface area (Å²) in [5, 5.41) is 5.25. The number of amides is 2. The van der Waals surface area contributed by atoms with E-state index in [1.54, 1.807) is 12.1 Å². The van der Waals surface area contributed by atoms with Crippen molar-refractivity contribution in [3.63, 3.8) is 0 Å². The molecule has 0 aromatic heterocycles. The lowest BCUT2D eigenvalue weighted by atomic mass is 10.1. The largest absolute Gasteiger partial charge is 0.491 e. The Morgan fingerprint density at radius 3 is 2.19 bits per heavy atom. The Bertz CT molecular complexity index is 628. The molecule has 1 saturated heterocycles. The molecule has 0 bridgehead atoms. The molecule has 1 aromatic carbocycles. The van der Waals surface area contributed by atoms with E-state index in [0.29, 0.717) is 28.0 Å². The summed E-state index contributed by atoms with van der Waals surface area (Å²) in [7, 11) is 0. The van der Waals surface area contributed by atoms with E-state index < -0.39 is 11.8 Å². The molecular weight excluding hydrogens is 335 g/mol. The van der Waals surface area contributed by atoms with Crippen molar-refractivity contribution < 1.29 is 14.3 Å². The van der Waals surface area contributed by atoms with Crippen molar-refractivity contribution in [1.82, 2.24) is 10.6 Å². The van der Waals surface area contributed by atoms with Crippen LogP contribution in [0, 0.1) is 0 Å². The molecule has 1 aromatic rings. The summed E-state index contributed by atoms with van der Waals surface area (Å²) in [5.41, 5.74) is 0.418. The molecule has 2 amide bonds. The smallest absolute Gasteiger partial charge is 0.263 e. The minimum Gasteiger partial charge on any atom is -0.491 e. The molecule has 0 spiro atoms. The number of hydrogen-bond donors (Lipinski definition) is 2. The molecule has 0 saturated carbocycles. The zero-order valence-corrected chi connectivity index (χ0v) is 13.2. The third-order valence-electron chi connectivity index (χ3n) is 2.56. The van der Waals surface area contributed by atoms with Crippen molar-refractivity contribution in [2.45, 2.75) is 6.92 Å². The number of nitrogens with one attached hydrogen (secondary N) is 2. The van der Waals surface area contributed by atoms with Crippen LogP contribution in [0.15, 0.2) is 17.7 Å². The molecule has 8 heteroatoms. The molecule has 1 heterocycles. The number of halogens is 2. The van der Waals surface area contributed by atoms with Crippen LogP contribution in [0.2, 0.25) is 10.0 Å². The van der Waals surface area contributed by atoms with Crippen molar-refractivity contribution in [2.24, 2.45) is 0 Å². The Kier molecular flexibility index (Phi) is 4.82. The third kappa shape index (κ3) is 3.53. The van der Waals surface area contributed by atoms with Gasteiger partial charge < -0.3 is 4.74 Å². The Balaban J connectivity index is 2.39. The van der Waals surface area contributed by atoms with Crippen LogP contribution in [0.3, 0.4) is 0 Å². The minimum absolute atomic E-state index is 0.0232. The van der Waals surface area contributed by atoms with Crippen LogP contribution < -0.4 is 15.4 Å². The van der Waals surface area contributed by atoms with Crippen LogP contribution in [0.5, 0.6) is 5.75 Å². The lowest BCUT2D eigenvalue weighted by molar-refractivity contribution is -0.123. The number of rotatable bonds is 3. The second-order valence-electron chi connectivity index (χ2n) is 4.04. The lowest BCUT2D eigenvalue weighted by Crippen LogP contribution is -2.51. The molecule has 2 N–H and O–H groups in total. The number of carbonyl (C=O) groups excluding carboxylic acids is 2. The van der Waals surface area contributed by atoms with E-state index in [4.69, 9.17) is 40.2 Å². The highest BCUT2D eigenvalue weighted by Gasteiger charge is 2.25. The molecule has 0 aliphatic carbocycles. The molecule has 5 nitrogen and oxygen atoms in total. The van der Waals surface area contributed by atoms with Gasteiger partial charge in [-0.05, 0) is 42.9 Å². The van der Waals surface area contributed by atoms with Crippen LogP contribution >= 0.6 is 35.4 Å². The van der Waals surface area contributed by atoms with E-state index in [2.05, 4.69) is 10.6 Å². The molecule has 0 atom stereocenters. The third-order valence-corrected chi connectivity index (χ3v) is 3.33. The van der Waals surface area contributed by atoms with Gasteiger partial charge in [0.2, 0.25) is 0 Å². The quantitative estimate of drug-likeness (QED) is 0.501. The van der Waals surface area contributed by atoms with Gasteiger partial charge in [0.15, 0.2) is 10.9 Å².